The summed E-state index contributed by atoms with van der Waals surface area (Å²) in [7, 11) is 0. The van der Waals surface area contributed by atoms with Crippen LogP contribution in [0.3, 0.4) is 0 Å². The van der Waals surface area contributed by atoms with E-state index >= 15 is 0 Å². The summed E-state index contributed by atoms with van der Waals surface area (Å²) in [6.07, 6.45) is -0.477. The van der Waals surface area contributed by atoms with Crippen LogP contribution < -0.4 is 0 Å². The van der Waals surface area contributed by atoms with Crippen LogP contribution in [0.2, 0.25) is 0 Å². The highest BCUT2D eigenvalue weighted by Crippen LogP contribution is 2.27. The Morgan fingerprint density at radius 1 is 1.00 bits per heavy atom. The number of carboxylic acids is 3. The highest BCUT2D eigenvalue weighted by molar-refractivity contribution is 6.00. The summed E-state index contributed by atoms with van der Waals surface area (Å²) in [5.41, 5.74) is 0.210. The van der Waals surface area contributed by atoms with Crippen molar-refractivity contribution < 1.29 is 29.7 Å². The number of hydrogen-bond donors (Lipinski definition) is 3. The Morgan fingerprint density at radius 3 is 2.20 bits per heavy atom. The van der Waals surface area contributed by atoms with E-state index in [0.29, 0.717) is 10.9 Å². The maximum absolute atomic E-state index is 11.4. The van der Waals surface area contributed by atoms with Crippen molar-refractivity contribution in [3.8, 4) is 0 Å². The molecule has 0 bridgehead atoms. The zero-order chi connectivity index (χ0) is 14.9. The molecule has 0 fully saturated rings. The second-order valence-electron chi connectivity index (χ2n) is 4.20. The highest BCUT2D eigenvalue weighted by atomic mass is 16.4. The minimum atomic E-state index is -1.35. The van der Waals surface area contributed by atoms with Crippen molar-refractivity contribution in [1.82, 2.24) is 4.57 Å². The van der Waals surface area contributed by atoms with Crippen molar-refractivity contribution in [2.75, 3.05) is 0 Å². The van der Waals surface area contributed by atoms with Gasteiger partial charge in [-0.25, -0.2) is 4.79 Å². The lowest BCUT2D eigenvalue weighted by Gasteiger charge is -2.05. The minimum absolute atomic E-state index is 0.113. The van der Waals surface area contributed by atoms with Gasteiger partial charge in [-0.15, -0.1) is 0 Å². The van der Waals surface area contributed by atoms with Crippen molar-refractivity contribution in [1.29, 1.82) is 0 Å². The molecule has 20 heavy (non-hydrogen) atoms. The van der Waals surface area contributed by atoms with Crippen LogP contribution in [-0.4, -0.2) is 37.8 Å². The van der Waals surface area contributed by atoms with E-state index in [0.717, 1.165) is 4.57 Å². The van der Waals surface area contributed by atoms with Crippen molar-refractivity contribution in [3.05, 3.63) is 35.5 Å². The van der Waals surface area contributed by atoms with E-state index in [1.165, 1.54) is 0 Å². The van der Waals surface area contributed by atoms with Gasteiger partial charge in [-0.1, -0.05) is 18.2 Å². The van der Waals surface area contributed by atoms with Gasteiger partial charge in [0.15, 0.2) is 0 Å². The van der Waals surface area contributed by atoms with Crippen molar-refractivity contribution >= 4 is 28.8 Å². The lowest BCUT2D eigenvalue weighted by atomic mass is 10.1. The lowest BCUT2D eigenvalue weighted by molar-refractivity contribution is -0.138. The predicted octanol–water partition coefficient (Wildman–Crippen LogP) is 1.05. The summed E-state index contributed by atoms with van der Waals surface area (Å²) in [4.78, 5) is 33.2. The van der Waals surface area contributed by atoms with E-state index in [4.69, 9.17) is 10.2 Å². The first kappa shape index (κ1) is 13.6. The number of aromatic carboxylic acids is 1. The molecule has 1 aromatic carbocycles. The van der Waals surface area contributed by atoms with Gasteiger partial charge in [0.05, 0.1) is 6.42 Å². The summed E-state index contributed by atoms with van der Waals surface area (Å²) < 4.78 is 1.11. The number of para-hydroxylation sites is 1. The van der Waals surface area contributed by atoms with Crippen LogP contribution in [0, 0.1) is 0 Å². The average Bonchev–Trinajstić information content (AvgIpc) is 2.63. The molecule has 0 spiro atoms. The Labute approximate surface area is 112 Å². The maximum Gasteiger partial charge on any atom is 0.352 e. The second-order valence-corrected chi connectivity index (χ2v) is 4.20. The topological polar surface area (TPSA) is 117 Å². The number of carboxylic acid groups (broad SMARTS) is 3. The molecule has 3 N–H and O–H groups in total. The molecule has 0 aliphatic carbocycles. The Kier molecular flexibility index (Phi) is 3.43. The normalized spacial score (nSPS) is 10.6. The monoisotopic (exact) mass is 277 g/mol. The fourth-order valence-corrected chi connectivity index (χ4v) is 2.25. The molecule has 0 aliphatic rings. The highest BCUT2D eigenvalue weighted by Gasteiger charge is 2.24. The van der Waals surface area contributed by atoms with Gasteiger partial charge in [-0.05, 0) is 6.07 Å². The Morgan fingerprint density at radius 2 is 1.65 bits per heavy atom. The first-order valence-electron chi connectivity index (χ1n) is 5.68. The molecule has 0 saturated carbocycles. The summed E-state index contributed by atoms with van der Waals surface area (Å²) >= 11 is 0. The number of aliphatic carboxylic acids is 2. The predicted molar refractivity (Wildman–Crippen MR) is 67.9 cm³/mol. The molecule has 0 amide bonds. The molecule has 0 atom stereocenters. The van der Waals surface area contributed by atoms with Crippen LogP contribution in [0.25, 0.3) is 10.9 Å². The first-order chi connectivity index (χ1) is 9.41. The van der Waals surface area contributed by atoms with Gasteiger partial charge in [0.1, 0.15) is 12.2 Å². The molecule has 2 rings (SSSR count). The molecule has 0 saturated heterocycles. The van der Waals surface area contributed by atoms with E-state index in [2.05, 4.69) is 0 Å². The van der Waals surface area contributed by atoms with E-state index in [9.17, 15) is 19.5 Å². The second kappa shape index (κ2) is 5.04. The van der Waals surface area contributed by atoms with E-state index in [1.807, 2.05) is 0 Å². The number of nitrogens with zero attached hydrogens (tertiary/aromatic N) is 1. The molecule has 104 valence electrons. The van der Waals surface area contributed by atoms with Crippen molar-refractivity contribution in [2.45, 2.75) is 13.0 Å². The van der Waals surface area contributed by atoms with Crippen molar-refractivity contribution in [2.24, 2.45) is 0 Å². The summed E-state index contributed by atoms with van der Waals surface area (Å²) in [6.45, 7) is -0.540. The molecule has 1 aromatic heterocycles. The molecule has 1 heterocycles. The van der Waals surface area contributed by atoms with Crippen molar-refractivity contribution in [3.63, 3.8) is 0 Å². The minimum Gasteiger partial charge on any atom is -0.481 e. The molecular formula is C13H11NO6. The van der Waals surface area contributed by atoms with Crippen LogP contribution in [0.15, 0.2) is 24.3 Å². The van der Waals surface area contributed by atoms with E-state index < -0.39 is 30.9 Å². The molecule has 0 aliphatic heterocycles. The van der Waals surface area contributed by atoms with Gasteiger partial charge in [-0.2, -0.15) is 0 Å². The van der Waals surface area contributed by atoms with Crippen LogP contribution in [0.1, 0.15) is 16.1 Å². The van der Waals surface area contributed by atoms with Crippen LogP contribution in [-0.2, 0) is 22.6 Å². The largest absolute Gasteiger partial charge is 0.481 e. The smallest absolute Gasteiger partial charge is 0.352 e. The van der Waals surface area contributed by atoms with E-state index in [-0.39, 0.29) is 11.3 Å². The lowest BCUT2D eigenvalue weighted by Crippen LogP contribution is -2.16. The quantitative estimate of drug-likeness (QED) is 0.752. The van der Waals surface area contributed by atoms with Gasteiger partial charge in [0.25, 0.3) is 0 Å². The van der Waals surface area contributed by atoms with Gasteiger partial charge >= 0.3 is 17.9 Å². The molecule has 7 heteroatoms. The number of benzene rings is 1. The number of aromatic nitrogens is 1. The Balaban J connectivity index is 2.80. The van der Waals surface area contributed by atoms with Gasteiger partial charge in [0.2, 0.25) is 0 Å². The number of hydrogen-bond acceptors (Lipinski definition) is 3. The molecule has 7 nitrogen and oxygen atoms in total. The van der Waals surface area contributed by atoms with Crippen LogP contribution >= 0.6 is 0 Å². The maximum atomic E-state index is 11.4. The van der Waals surface area contributed by atoms with Crippen LogP contribution in [0.5, 0.6) is 0 Å². The summed E-state index contributed by atoms with van der Waals surface area (Å²) in [5, 5.41) is 27.5. The third kappa shape index (κ3) is 2.33. The number of carbonyl (C=O) groups is 3. The van der Waals surface area contributed by atoms with Crippen LogP contribution in [0.4, 0.5) is 0 Å². The third-order valence-electron chi connectivity index (χ3n) is 2.90. The molecular weight excluding hydrogens is 266 g/mol. The summed E-state index contributed by atoms with van der Waals surface area (Å²) in [5.74, 6) is -3.72. The Hall–Kier alpha value is -2.83. The third-order valence-corrected chi connectivity index (χ3v) is 2.90. The fourth-order valence-electron chi connectivity index (χ4n) is 2.25. The Bertz CT molecular complexity index is 662. The number of fused-ring (bicyclic) bond motifs is 1. The zero-order valence-electron chi connectivity index (χ0n) is 10.2. The fraction of sp³-hybridized carbons (Fsp3) is 0.154. The SMILES string of the molecule is O=C(O)Cc1c(C(=O)O)n(CC(=O)O)c2ccccc12. The molecule has 0 unspecified atom stereocenters. The van der Waals surface area contributed by atoms with Gasteiger partial charge < -0.3 is 19.9 Å². The molecule has 2 aromatic rings. The average molecular weight is 277 g/mol. The first-order valence-corrected chi connectivity index (χ1v) is 5.68. The van der Waals surface area contributed by atoms with Gasteiger partial charge in [0, 0.05) is 16.5 Å². The molecule has 0 radical (unpaired) electrons. The zero-order valence-corrected chi connectivity index (χ0v) is 10.2. The standard InChI is InChI=1S/C13H11NO6/c15-10(16)5-8-7-3-1-2-4-9(7)14(6-11(17)18)12(8)13(19)20/h1-4H,5-6H2,(H,15,16)(H,17,18)(H,19,20). The number of rotatable bonds is 5. The van der Waals surface area contributed by atoms with Gasteiger partial charge in [-0.3, -0.25) is 9.59 Å². The summed E-state index contributed by atoms with van der Waals surface area (Å²) in [6, 6.07) is 6.43. The van der Waals surface area contributed by atoms with E-state index in [1.54, 1.807) is 24.3 Å².